The molecule has 0 N–H and O–H groups in total. The molecule has 0 fully saturated rings. The number of hydrogen-bond donors (Lipinski definition) is 0. The summed E-state index contributed by atoms with van der Waals surface area (Å²) in [6.45, 7) is 0.735. The highest BCUT2D eigenvalue weighted by atomic mass is 16.1. The van der Waals surface area contributed by atoms with Crippen molar-refractivity contribution in [2.75, 3.05) is 11.9 Å². The van der Waals surface area contributed by atoms with Crippen molar-refractivity contribution in [2.24, 2.45) is 0 Å². The standard InChI is InChI=1S/C14H14N2O/c1-16(10-12-5-4-8-15-9-12)14-7-3-2-6-13(14)11-17/h2-9,11H,10H2,1H3. The first-order valence-corrected chi connectivity index (χ1v) is 5.45. The maximum absolute atomic E-state index is 10.9. The Balaban J connectivity index is 2.20. The van der Waals surface area contributed by atoms with Crippen molar-refractivity contribution in [3.05, 3.63) is 59.9 Å². The van der Waals surface area contributed by atoms with Gasteiger partial charge in [-0.2, -0.15) is 0 Å². The third-order valence-electron chi connectivity index (χ3n) is 2.62. The van der Waals surface area contributed by atoms with Crippen molar-refractivity contribution in [3.63, 3.8) is 0 Å². The van der Waals surface area contributed by atoms with Gasteiger partial charge in [0.2, 0.25) is 0 Å². The number of anilines is 1. The molecule has 0 atom stereocenters. The van der Waals surface area contributed by atoms with Gasteiger partial charge in [0.05, 0.1) is 0 Å². The normalized spacial score (nSPS) is 9.94. The minimum absolute atomic E-state index is 0.707. The molecule has 1 aromatic heterocycles. The van der Waals surface area contributed by atoms with Crippen LogP contribution in [0.1, 0.15) is 15.9 Å². The van der Waals surface area contributed by atoms with Crippen LogP contribution in [0.15, 0.2) is 48.8 Å². The van der Waals surface area contributed by atoms with E-state index in [4.69, 9.17) is 0 Å². The lowest BCUT2D eigenvalue weighted by atomic mass is 10.1. The third-order valence-corrected chi connectivity index (χ3v) is 2.62. The van der Waals surface area contributed by atoms with Gasteiger partial charge in [-0.25, -0.2) is 0 Å². The van der Waals surface area contributed by atoms with Crippen LogP contribution in [-0.4, -0.2) is 18.3 Å². The fourth-order valence-corrected chi connectivity index (χ4v) is 1.79. The molecule has 0 radical (unpaired) electrons. The molecular formula is C14H14N2O. The third kappa shape index (κ3) is 2.69. The van der Waals surface area contributed by atoms with Crippen LogP contribution in [0.3, 0.4) is 0 Å². The lowest BCUT2D eigenvalue weighted by Gasteiger charge is -2.20. The lowest BCUT2D eigenvalue weighted by Crippen LogP contribution is -2.17. The molecule has 0 aliphatic carbocycles. The highest BCUT2D eigenvalue weighted by Crippen LogP contribution is 2.18. The van der Waals surface area contributed by atoms with E-state index in [9.17, 15) is 4.79 Å². The van der Waals surface area contributed by atoms with E-state index >= 15 is 0 Å². The van der Waals surface area contributed by atoms with Crippen LogP contribution in [0.2, 0.25) is 0 Å². The Kier molecular flexibility index (Phi) is 3.50. The lowest BCUT2D eigenvalue weighted by molar-refractivity contribution is 0.112. The number of pyridine rings is 1. The molecule has 1 aromatic carbocycles. The van der Waals surface area contributed by atoms with Crippen LogP contribution >= 0.6 is 0 Å². The molecule has 0 aliphatic heterocycles. The van der Waals surface area contributed by atoms with E-state index in [0.29, 0.717) is 5.56 Å². The van der Waals surface area contributed by atoms with Gasteiger partial charge in [-0.15, -0.1) is 0 Å². The number of benzene rings is 1. The molecule has 0 aliphatic rings. The van der Waals surface area contributed by atoms with Gasteiger partial charge in [-0.1, -0.05) is 18.2 Å². The predicted molar refractivity (Wildman–Crippen MR) is 68.2 cm³/mol. The summed E-state index contributed by atoms with van der Waals surface area (Å²) in [5, 5.41) is 0. The molecule has 3 nitrogen and oxygen atoms in total. The number of nitrogens with zero attached hydrogens (tertiary/aromatic N) is 2. The van der Waals surface area contributed by atoms with E-state index in [1.807, 2.05) is 54.5 Å². The zero-order chi connectivity index (χ0) is 12.1. The quantitative estimate of drug-likeness (QED) is 0.751. The molecule has 0 unspecified atom stereocenters. The Morgan fingerprint density at radius 3 is 2.76 bits per heavy atom. The molecule has 0 spiro atoms. The number of rotatable bonds is 4. The Bertz CT molecular complexity index is 497. The summed E-state index contributed by atoms with van der Waals surface area (Å²) < 4.78 is 0. The van der Waals surface area contributed by atoms with E-state index in [0.717, 1.165) is 24.1 Å². The van der Waals surface area contributed by atoms with E-state index in [1.165, 1.54) is 0 Å². The van der Waals surface area contributed by atoms with Crippen molar-refractivity contribution in [1.29, 1.82) is 0 Å². The Labute approximate surface area is 101 Å². The van der Waals surface area contributed by atoms with Gasteiger partial charge in [0.25, 0.3) is 0 Å². The summed E-state index contributed by atoms with van der Waals surface area (Å²) in [6, 6.07) is 11.5. The van der Waals surface area contributed by atoms with E-state index in [-0.39, 0.29) is 0 Å². The first-order chi connectivity index (χ1) is 8.31. The van der Waals surface area contributed by atoms with Crippen molar-refractivity contribution in [1.82, 2.24) is 4.98 Å². The molecule has 0 saturated carbocycles. The minimum Gasteiger partial charge on any atom is -0.370 e. The van der Waals surface area contributed by atoms with E-state index in [2.05, 4.69) is 4.98 Å². The van der Waals surface area contributed by atoms with Crippen molar-refractivity contribution in [3.8, 4) is 0 Å². The maximum atomic E-state index is 10.9. The fourth-order valence-electron chi connectivity index (χ4n) is 1.79. The highest BCUT2D eigenvalue weighted by Gasteiger charge is 2.06. The summed E-state index contributed by atoms with van der Waals surface area (Å²) in [5.74, 6) is 0. The molecule has 1 heterocycles. The molecule has 86 valence electrons. The zero-order valence-electron chi connectivity index (χ0n) is 9.71. The van der Waals surface area contributed by atoms with E-state index in [1.54, 1.807) is 6.20 Å². The number of carbonyl (C=O) groups is 1. The number of carbonyl (C=O) groups excluding carboxylic acids is 1. The Hall–Kier alpha value is -2.16. The number of aldehydes is 1. The summed E-state index contributed by atoms with van der Waals surface area (Å²) in [7, 11) is 1.97. The van der Waals surface area contributed by atoms with Crippen LogP contribution in [0.25, 0.3) is 0 Å². The molecule has 2 rings (SSSR count). The average Bonchev–Trinajstić information content (AvgIpc) is 2.40. The molecule has 0 saturated heterocycles. The summed E-state index contributed by atoms with van der Waals surface area (Å²) >= 11 is 0. The van der Waals surface area contributed by atoms with Gasteiger partial charge in [0.15, 0.2) is 6.29 Å². The summed E-state index contributed by atoms with van der Waals surface area (Å²) in [6.07, 6.45) is 4.47. The monoisotopic (exact) mass is 226 g/mol. The van der Waals surface area contributed by atoms with E-state index < -0.39 is 0 Å². The molecule has 2 aromatic rings. The number of hydrogen-bond acceptors (Lipinski definition) is 3. The second-order valence-electron chi connectivity index (χ2n) is 3.89. The molecular weight excluding hydrogens is 212 g/mol. The Morgan fingerprint density at radius 2 is 2.06 bits per heavy atom. The van der Waals surface area contributed by atoms with Crippen LogP contribution in [-0.2, 0) is 6.54 Å². The molecule has 3 heteroatoms. The maximum Gasteiger partial charge on any atom is 0.152 e. The van der Waals surface area contributed by atoms with Crippen LogP contribution in [0, 0.1) is 0 Å². The van der Waals surface area contributed by atoms with Crippen LogP contribution in [0.4, 0.5) is 5.69 Å². The average molecular weight is 226 g/mol. The summed E-state index contributed by atoms with van der Waals surface area (Å²) in [5.41, 5.74) is 2.76. The molecule has 0 bridgehead atoms. The zero-order valence-corrected chi connectivity index (χ0v) is 9.71. The Morgan fingerprint density at radius 1 is 1.24 bits per heavy atom. The SMILES string of the molecule is CN(Cc1cccnc1)c1ccccc1C=O. The second kappa shape index (κ2) is 5.25. The number of para-hydroxylation sites is 1. The van der Waals surface area contributed by atoms with Gasteiger partial charge >= 0.3 is 0 Å². The van der Waals surface area contributed by atoms with Gasteiger partial charge in [0.1, 0.15) is 0 Å². The first kappa shape index (κ1) is 11.3. The smallest absolute Gasteiger partial charge is 0.152 e. The summed E-state index contributed by atoms with van der Waals surface area (Å²) in [4.78, 5) is 17.1. The first-order valence-electron chi connectivity index (χ1n) is 5.45. The minimum atomic E-state index is 0.707. The number of aromatic nitrogens is 1. The molecule has 0 amide bonds. The van der Waals surface area contributed by atoms with Gasteiger partial charge in [0, 0.05) is 37.2 Å². The largest absolute Gasteiger partial charge is 0.370 e. The predicted octanol–water partition coefficient (Wildman–Crippen LogP) is 2.53. The second-order valence-corrected chi connectivity index (χ2v) is 3.89. The topological polar surface area (TPSA) is 33.2 Å². The highest BCUT2D eigenvalue weighted by molar-refractivity contribution is 5.84. The van der Waals surface area contributed by atoms with Gasteiger partial charge in [-0.3, -0.25) is 9.78 Å². The van der Waals surface area contributed by atoms with Crippen LogP contribution < -0.4 is 4.90 Å². The fraction of sp³-hybridized carbons (Fsp3) is 0.143. The van der Waals surface area contributed by atoms with Crippen LogP contribution in [0.5, 0.6) is 0 Å². The van der Waals surface area contributed by atoms with Crippen molar-refractivity contribution >= 4 is 12.0 Å². The van der Waals surface area contributed by atoms with Crippen molar-refractivity contribution in [2.45, 2.75) is 6.54 Å². The van der Waals surface area contributed by atoms with Gasteiger partial charge in [-0.05, 0) is 23.8 Å². The molecule has 17 heavy (non-hydrogen) atoms. The van der Waals surface area contributed by atoms with Crippen molar-refractivity contribution < 1.29 is 4.79 Å². The van der Waals surface area contributed by atoms with Gasteiger partial charge < -0.3 is 4.90 Å².